The van der Waals surface area contributed by atoms with Crippen LogP contribution in [0.5, 0.6) is 0 Å². The molecule has 2 aliphatic rings. The quantitative estimate of drug-likeness (QED) is 0.872. The Labute approximate surface area is 122 Å². The Morgan fingerprint density at radius 1 is 1.60 bits per heavy atom. The highest BCUT2D eigenvalue weighted by molar-refractivity contribution is 6.33. The number of ether oxygens (including phenoxy) is 1. The van der Waals surface area contributed by atoms with E-state index in [0.717, 1.165) is 6.42 Å². The third-order valence-electron chi connectivity index (χ3n) is 4.85. The number of carbonyl (C=O) groups is 1. The van der Waals surface area contributed by atoms with Gasteiger partial charge in [-0.05, 0) is 12.5 Å². The van der Waals surface area contributed by atoms with Crippen LogP contribution in [-0.2, 0) is 9.53 Å². The minimum absolute atomic E-state index is 0.0580. The molecule has 2 fully saturated rings. The van der Waals surface area contributed by atoms with Gasteiger partial charge in [0.05, 0.1) is 23.0 Å². The summed E-state index contributed by atoms with van der Waals surface area (Å²) < 4.78 is 5.69. The monoisotopic (exact) mass is 295 g/mol. The molecular formula is C14H18ClN3O2. The fourth-order valence-electron chi connectivity index (χ4n) is 3.54. The zero-order chi connectivity index (χ0) is 14.5. The lowest BCUT2D eigenvalue weighted by Gasteiger charge is -2.60. The molecule has 108 valence electrons. The first-order chi connectivity index (χ1) is 9.39. The Morgan fingerprint density at radius 3 is 3.05 bits per heavy atom. The topological polar surface area (TPSA) is 77.2 Å². The van der Waals surface area contributed by atoms with Gasteiger partial charge >= 0.3 is 0 Å². The molecule has 0 aromatic carbocycles. The molecule has 0 spiro atoms. The van der Waals surface area contributed by atoms with Gasteiger partial charge in [-0.1, -0.05) is 25.4 Å². The molecule has 1 saturated heterocycles. The lowest BCUT2D eigenvalue weighted by molar-refractivity contribution is -0.170. The molecule has 3 atom stereocenters. The number of aromatic nitrogens is 1. The molecule has 1 aliphatic heterocycles. The van der Waals surface area contributed by atoms with Gasteiger partial charge in [0.15, 0.2) is 0 Å². The van der Waals surface area contributed by atoms with E-state index in [9.17, 15) is 4.79 Å². The van der Waals surface area contributed by atoms with E-state index < -0.39 is 11.0 Å². The van der Waals surface area contributed by atoms with Crippen molar-refractivity contribution in [3.8, 4) is 0 Å². The number of pyridine rings is 1. The Bertz CT molecular complexity index is 563. The van der Waals surface area contributed by atoms with E-state index in [4.69, 9.17) is 22.1 Å². The van der Waals surface area contributed by atoms with Gasteiger partial charge in [-0.15, -0.1) is 0 Å². The number of fused-ring (bicyclic) bond motifs is 1. The van der Waals surface area contributed by atoms with Crippen LogP contribution in [0.3, 0.4) is 0 Å². The standard InChI is InChI=1S/C14H18ClN3O2/c1-13(2)11-8(4-6-20-11)14(13,16)12(19)18-10-7-17-5-3-9(10)15/h3,5,7-8,11H,4,6,16H2,1-2H3,(H,18,19). The van der Waals surface area contributed by atoms with Crippen molar-refractivity contribution in [1.29, 1.82) is 0 Å². The van der Waals surface area contributed by atoms with Crippen LogP contribution in [0.2, 0.25) is 5.02 Å². The highest BCUT2D eigenvalue weighted by atomic mass is 35.5. The highest BCUT2D eigenvalue weighted by Gasteiger charge is 2.71. The summed E-state index contributed by atoms with van der Waals surface area (Å²) in [5, 5.41) is 3.26. The molecule has 0 radical (unpaired) electrons. The van der Waals surface area contributed by atoms with Crippen LogP contribution >= 0.6 is 11.6 Å². The summed E-state index contributed by atoms with van der Waals surface area (Å²) in [4.78, 5) is 16.6. The molecule has 3 rings (SSSR count). The Morgan fingerprint density at radius 2 is 2.35 bits per heavy atom. The number of hydrogen-bond donors (Lipinski definition) is 2. The lowest BCUT2D eigenvalue weighted by Crippen LogP contribution is -2.79. The number of hydrogen-bond acceptors (Lipinski definition) is 4. The molecule has 2 heterocycles. The van der Waals surface area contributed by atoms with E-state index in [1.54, 1.807) is 12.3 Å². The second-order valence-electron chi connectivity index (χ2n) is 6.09. The molecule has 1 amide bonds. The lowest BCUT2D eigenvalue weighted by atomic mass is 9.48. The van der Waals surface area contributed by atoms with E-state index in [-0.39, 0.29) is 17.9 Å². The largest absolute Gasteiger partial charge is 0.377 e. The number of nitrogens with two attached hydrogens (primary N) is 1. The Hall–Kier alpha value is -1.17. The third kappa shape index (κ3) is 1.63. The second-order valence-corrected chi connectivity index (χ2v) is 6.49. The Balaban J connectivity index is 1.85. The van der Waals surface area contributed by atoms with Gasteiger partial charge in [0.1, 0.15) is 5.54 Å². The van der Waals surface area contributed by atoms with E-state index in [0.29, 0.717) is 17.3 Å². The van der Waals surface area contributed by atoms with Gasteiger partial charge in [-0.2, -0.15) is 0 Å². The number of rotatable bonds is 2. The van der Waals surface area contributed by atoms with E-state index in [2.05, 4.69) is 10.3 Å². The third-order valence-corrected chi connectivity index (χ3v) is 5.18. The summed E-state index contributed by atoms with van der Waals surface area (Å²) >= 11 is 6.04. The zero-order valence-corrected chi connectivity index (χ0v) is 12.3. The minimum Gasteiger partial charge on any atom is -0.377 e. The fourth-order valence-corrected chi connectivity index (χ4v) is 3.69. The molecule has 1 aromatic rings. The fraction of sp³-hybridized carbons (Fsp3) is 0.571. The average molecular weight is 296 g/mol. The molecule has 0 bridgehead atoms. The average Bonchev–Trinajstić information content (AvgIpc) is 2.88. The van der Waals surface area contributed by atoms with Crippen LogP contribution in [0.4, 0.5) is 5.69 Å². The maximum atomic E-state index is 12.6. The maximum absolute atomic E-state index is 12.6. The molecule has 3 unspecified atom stereocenters. The molecule has 1 aliphatic carbocycles. The highest BCUT2D eigenvalue weighted by Crippen LogP contribution is 2.58. The number of anilines is 1. The number of carbonyl (C=O) groups excluding carboxylic acids is 1. The summed E-state index contributed by atoms with van der Waals surface area (Å²) in [6, 6.07) is 1.63. The van der Waals surface area contributed by atoms with Crippen molar-refractivity contribution in [3.05, 3.63) is 23.5 Å². The molecule has 1 aromatic heterocycles. The van der Waals surface area contributed by atoms with Gasteiger partial charge in [-0.3, -0.25) is 9.78 Å². The summed E-state index contributed by atoms with van der Waals surface area (Å²) in [6.07, 6.45) is 3.98. The number of nitrogens with one attached hydrogen (secondary N) is 1. The second kappa shape index (κ2) is 4.41. The molecule has 3 N–H and O–H groups in total. The summed E-state index contributed by atoms with van der Waals surface area (Å²) in [5.74, 6) is -0.155. The maximum Gasteiger partial charge on any atom is 0.245 e. The van der Waals surface area contributed by atoms with Crippen molar-refractivity contribution < 1.29 is 9.53 Å². The molecule has 20 heavy (non-hydrogen) atoms. The number of amides is 1. The molecule has 5 nitrogen and oxygen atoms in total. The smallest absolute Gasteiger partial charge is 0.245 e. The number of halogens is 1. The van der Waals surface area contributed by atoms with Gasteiger partial charge in [-0.25, -0.2) is 0 Å². The van der Waals surface area contributed by atoms with Crippen molar-refractivity contribution in [2.45, 2.75) is 31.9 Å². The predicted molar refractivity (Wildman–Crippen MR) is 76.4 cm³/mol. The first-order valence-corrected chi connectivity index (χ1v) is 7.08. The van der Waals surface area contributed by atoms with Crippen molar-refractivity contribution >= 4 is 23.2 Å². The molecule has 1 saturated carbocycles. The van der Waals surface area contributed by atoms with E-state index in [1.807, 2.05) is 13.8 Å². The predicted octanol–water partition coefficient (Wildman–Crippen LogP) is 1.82. The Kier molecular flexibility index (Phi) is 3.04. The van der Waals surface area contributed by atoms with Crippen molar-refractivity contribution in [2.24, 2.45) is 17.1 Å². The summed E-state index contributed by atoms with van der Waals surface area (Å²) in [6.45, 7) is 4.62. The van der Waals surface area contributed by atoms with Crippen LogP contribution in [0.15, 0.2) is 18.5 Å². The zero-order valence-electron chi connectivity index (χ0n) is 11.5. The first kappa shape index (κ1) is 13.8. The van der Waals surface area contributed by atoms with Crippen LogP contribution in [0.25, 0.3) is 0 Å². The van der Waals surface area contributed by atoms with Crippen LogP contribution in [-0.4, -0.2) is 29.1 Å². The van der Waals surface area contributed by atoms with Gasteiger partial charge < -0.3 is 15.8 Å². The van der Waals surface area contributed by atoms with Crippen LogP contribution in [0.1, 0.15) is 20.3 Å². The summed E-state index contributed by atoms with van der Waals surface area (Å²) in [5.41, 5.74) is 5.61. The normalized spacial score (nSPS) is 34.2. The molecular weight excluding hydrogens is 278 g/mol. The van der Waals surface area contributed by atoms with E-state index in [1.165, 1.54) is 6.20 Å². The van der Waals surface area contributed by atoms with Crippen molar-refractivity contribution in [1.82, 2.24) is 4.98 Å². The van der Waals surface area contributed by atoms with Crippen molar-refractivity contribution in [2.75, 3.05) is 11.9 Å². The van der Waals surface area contributed by atoms with Gasteiger partial charge in [0.25, 0.3) is 0 Å². The first-order valence-electron chi connectivity index (χ1n) is 6.70. The van der Waals surface area contributed by atoms with Crippen LogP contribution in [0, 0.1) is 11.3 Å². The SMILES string of the molecule is CC1(C)C2OCCC2C1(N)C(=O)Nc1cnccc1Cl. The number of nitrogens with zero attached hydrogens (tertiary/aromatic N) is 1. The van der Waals surface area contributed by atoms with E-state index >= 15 is 0 Å². The minimum atomic E-state index is -0.937. The molecule has 6 heteroatoms. The van der Waals surface area contributed by atoms with Gasteiger partial charge in [0, 0.05) is 24.1 Å². The summed E-state index contributed by atoms with van der Waals surface area (Å²) in [7, 11) is 0. The van der Waals surface area contributed by atoms with Crippen molar-refractivity contribution in [3.63, 3.8) is 0 Å². The van der Waals surface area contributed by atoms with Gasteiger partial charge in [0.2, 0.25) is 5.91 Å². The van der Waals surface area contributed by atoms with Crippen LogP contribution < -0.4 is 11.1 Å².